The predicted molar refractivity (Wildman–Crippen MR) is 123 cm³/mol. The minimum Gasteiger partial charge on any atom is -0.483 e. The molecule has 2 heterocycles. The Morgan fingerprint density at radius 2 is 1.45 bits per heavy atom. The maximum absolute atomic E-state index is 12.7. The van der Waals surface area contributed by atoms with Crippen molar-refractivity contribution in [1.82, 2.24) is 14.5 Å². The average molecular weight is 441 g/mol. The monoisotopic (exact) mass is 441 g/mol. The Morgan fingerprint density at radius 1 is 0.848 bits per heavy atom. The van der Waals surface area contributed by atoms with Crippen molar-refractivity contribution in [3.63, 3.8) is 0 Å². The Labute approximate surface area is 190 Å². The molecule has 0 aliphatic carbocycles. The van der Waals surface area contributed by atoms with Gasteiger partial charge in [-0.25, -0.2) is 4.98 Å². The van der Waals surface area contributed by atoms with Crippen molar-refractivity contribution >= 4 is 22.8 Å². The lowest BCUT2D eigenvalue weighted by Gasteiger charge is -2.22. The number of carbonyl (C=O) groups is 2. The molecule has 1 aliphatic rings. The number of hydrogen-bond donors (Lipinski definition) is 1. The first-order valence-electron chi connectivity index (χ1n) is 10.8. The molecule has 0 saturated heterocycles. The summed E-state index contributed by atoms with van der Waals surface area (Å²) in [6, 6.07) is 23.8. The van der Waals surface area contributed by atoms with Crippen molar-refractivity contribution in [2.45, 2.75) is 25.7 Å². The number of carbonyl (C=O) groups excluding carboxylic acids is 2. The van der Waals surface area contributed by atoms with Gasteiger partial charge in [0.15, 0.2) is 11.9 Å². The molecule has 7 nitrogen and oxygen atoms in total. The van der Waals surface area contributed by atoms with E-state index < -0.39 is 6.10 Å². The minimum atomic E-state index is -0.979. The van der Waals surface area contributed by atoms with E-state index in [1.54, 1.807) is 24.3 Å². The van der Waals surface area contributed by atoms with E-state index in [1.165, 1.54) is 0 Å². The largest absolute Gasteiger partial charge is 0.483 e. The van der Waals surface area contributed by atoms with Crippen LogP contribution in [0.5, 0.6) is 5.75 Å². The Balaban J connectivity index is 1.40. The van der Waals surface area contributed by atoms with E-state index in [0.717, 1.165) is 21.7 Å². The van der Waals surface area contributed by atoms with Crippen LogP contribution in [0.2, 0.25) is 0 Å². The molecule has 5 rings (SSSR count). The lowest BCUT2D eigenvalue weighted by atomic mass is 10.1. The minimum absolute atomic E-state index is 0.105. The molecular weight excluding hydrogens is 418 g/mol. The zero-order valence-corrected chi connectivity index (χ0v) is 18.1. The second-order valence-electron chi connectivity index (χ2n) is 8.06. The molecule has 4 aromatic rings. The van der Waals surface area contributed by atoms with Crippen LogP contribution >= 0.6 is 0 Å². The molecule has 1 N–H and O–H groups in total. The summed E-state index contributed by atoms with van der Waals surface area (Å²) in [4.78, 5) is 31.2. The highest BCUT2D eigenvalue weighted by Gasteiger charge is 2.36. The van der Waals surface area contributed by atoms with Crippen molar-refractivity contribution in [3.8, 4) is 5.75 Å². The van der Waals surface area contributed by atoms with Gasteiger partial charge in [0.1, 0.15) is 5.75 Å². The van der Waals surface area contributed by atoms with Gasteiger partial charge in [-0.3, -0.25) is 14.5 Å². The van der Waals surface area contributed by atoms with E-state index in [4.69, 9.17) is 9.72 Å². The number of amides is 2. The van der Waals surface area contributed by atoms with E-state index in [9.17, 15) is 14.7 Å². The summed E-state index contributed by atoms with van der Waals surface area (Å²) in [5, 5.41) is 10.9. The van der Waals surface area contributed by atoms with Crippen LogP contribution in [0.1, 0.15) is 39.6 Å². The highest BCUT2D eigenvalue weighted by molar-refractivity contribution is 6.21. The van der Waals surface area contributed by atoms with Gasteiger partial charge in [-0.1, -0.05) is 42.5 Å². The average Bonchev–Trinajstić information content (AvgIpc) is 3.31. The van der Waals surface area contributed by atoms with Crippen LogP contribution in [0.15, 0.2) is 78.9 Å². The van der Waals surface area contributed by atoms with Crippen molar-refractivity contribution < 1.29 is 19.4 Å². The Bertz CT molecular complexity index is 1300. The number of imidazole rings is 1. The van der Waals surface area contributed by atoms with Crippen LogP contribution in [0.3, 0.4) is 0 Å². The summed E-state index contributed by atoms with van der Waals surface area (Å²) in [6.07, 6.45) is -1.36. The first-order valence-corrected chi connectivity index (χ1v) is 10.8. The topological polar surface area (TPSA) is 84.7 Å². The second-order valence-corrected chi connectivity index (χ2v) is 8.06. The second kappa shape index (κ2) is 8.52. The highest BCUT2D eigenvalue weighted by atomic mass is 16.5. The fourth-order valence-corrected chi connectivity index (χ4v) is 4.24. The number of aliphatic hydroxyl groups is 1. The van der Waals surface area contributed by atoms with Gasteiger partial charge >= 0.3 is 0 Å². The van der Waals surface area contributed by atoms with E-state index in [-0.39, 0.29) is 31.0 Å². The number of β-amino-alcohol motifs (C(OH)–C–C–N with tert-alkyl or cyclic N) is 1. The molecule has 0 saturated carbocycles. The molecule has 3 aromatic carbocycles. The van der Waals surface area contributed by atoms with Crippen LogP contribution in [-0.2, 0) is 6.54 Å². The lowest BCUT2D eigenvalue weighted by Crippen LogP contribution is -2.38. The zero-order chi connectivity index (χ0) is 22.9. The van der Waals surface area contributed by atoms with Crippen molar-refractivity contribution in [2.24, 2.45) is 0 Å². The third kappa shape index (κ3) is 3.87. The van der Waals surface area contributed by atoms with Crippen LogP contribution < -0.4 is 4.74 Å². The zero-order valence-electron chi connectivity index (χ0n) is 18.1. The molecule has 0 radical (unpaired) electrons. The number of imide groups is 1. The van der Waals surface area contributed by atoms with Gasteiger partial charge in [-0.05, 0) is 43.3 Å². The third-order valence-corrected chi connectivity index (χ3v) is 5.77. The molecule has 2 amide bonds. The van der Waals surface area contributed by atoms with E-state index in [0.29, 0.717) is 17.0 Å². The summed E-state index contributed by atoms with van der Waals surface area (Å²) in [5.41, 5.74) is 2.36. The number of aliphatic hydroxyl groups excluding tert-OH is 1. The van der Waals surface area contributed by atoms with E-state index in [1.807, 2.05) is 66.1 Å². The molecule has 166 valence electrons. The molecule has 1 aliphatic heterocycles. The Morgan fingerprint density at radius 3 is 2.15 bits per heavy atom. The summed E-state index contributed by atoms with van der Waals surface area (Å²) >= 11 is 0. The van der Waals surface area contributed by atoms with Crippen LogP contribution in [0.25, 0.3) is 11.0 Å². The summed E-state index contributed by atoms with van der Waals surface area (Å²) < 4.78 is 7.97. The van der Waals surface area contributed by atoms with Gasteiger partial charge in [-0.2, -0.15) is 0 Å². The molecule has 2 unspecified atom stereocenters. The van der Waals surface area contributed by atoms with Gasteiger partial charge in [-0.15, -0.1) is 0 Å². The SMILES string of the molecule is CC(Oc1ccccc1)c1nc2ccccc2n1CC(O)CN1C(=O)c2ccccc2C1=O. The van der Waals surface area contributed by atoms with Crippen molar-refractivity contribution in [1.29, 1.82) is 0 Å². The quantitative estimate of drug-likeness (QED) is 0.441. The molecule has 7 heteroatoms. The third-order valence-electron chi connectivity index (χ3n) is 5.77. The Hall–Kier alpha value is -3.97. The number of rotatable bonds is 7. The van der Waals surface area contributed by atoms with E-state index >= 15 is 0 Å². The molecule has 0 bridgehead atoms. The summed E-state index contributed by atoms with van der Waals surface area (Å²) in [7, 11) is 0. The van der Waals surface area contributed by atoms with Gasteiger partial charge in [0, 0.05) is 0 Å². The van der Waals surface area contributed by atoms with Gasteiger partial charge < -0.3 is 14.4 Å². The number of hydrogen-bond acceptors (Lipinski definition) is 5. The Kier molecular flexibility index (Phi) is 5.40. The first-order chi connectivity index (χ1) is 16.0. The van der Waals surface area contributed by atoms with Crippen LogP contribution in [0.4, 0.5) is 0 Å². The number of ether oxygens (including phenoxy) is 1. The summed E-state index contributed by atoms with van der Waals surface area (Å²) in [6.45, 7) is 1.96. The number of aromatic nitrogens is 2. The van der Waals surface area contributed by atoms with E-state index in [2.05, 4.69) is 0 Å². The number of fused-ring (bicyclic) bond motifs is 2. The smallest absolute Gasteiger partial charge is 0.261 e. The fraction of sp³-hybridized carbons (Fsp3) is 0.192. The normalized spacial score (nSPS) is 15.0. The van der Waals surface area contributed by atoms with Crippen LogP contribution in [0, 0.1) is 0 Å². The molecule has 33 heavy (non-hydrogen) atoms. The standard InChI is InChI=1S/C26H23N3O4/c1-17(33-19-9-3-2-4-10-19)24-27-22-13-7-8-14-23(22)28(24)15-18(30)16-29-25(31)20-11-5-6-12-21(20)26(29)32/h2-14,17-18,30H,15-16H2,1H3. The first kappa shape index (κ1) is 20.9. The highest BCUT2D eigenvalue weighted by Crippen LogP contribution is 2.27. The maximum atomic E-state index is 12.7. The number of nitrogens with zero attached hydrogens (tertiary/aromatic N) is 3. The van der Waals surface area contributed by atoms with Crippen LogP contribution in [-0.4, -0.2) is 44.0 Å². The maximum Gasteiger partial charge on any atom is 0.261 e. The van der Waals surface area contributed by atoms with Gasteiger partial charge in [0.25, 0.3) is 11.8 Å². The van der Waals surface area contributed by atoms with Gasteiger partial charge in [0.05, 0.1) is 41.4 Å². The summed E-state index contributed by atoms with van der Waals surface area (Å²) in [5.74, 6) is 0.605. The molecule has 2 atom stereocenters. The van der Waals surface area contributed by atoms with Gasteiger partial charge in [0.2, 0.25) is 0 Å². The molecule has 1 aromatic heterocycles. The fourth-order valence-electron chi connectivity index (χ4n) is 4.24. The van der Waals surface area contributed by atoms with Crippen molar-refractivity contribution in [3.05, 3.63) is 95.8 Å². The number of benzene rings is 3. The molecule has 0 fully saturated rings. The molecular formula is C26H23N3O4. The lowest BCUT2D eigenvalue weighted by molar-refractivity contribution is 0.0518. The number of para-hydroxylation sites is 3. The predicted octanol–water partition coefficient (Wildman–Crippen LogP) is 3.83. The molecule has 0 spiro atoms. The van der Waals surface area contributed by atoms with Crippen molar-refractivity contribution in [2.75, 3.05) is 6.54 Å².